The van der Waals surface area contributed by atoms with Crippen molar-refractivity contribution in [2.75, 3.05) is 13.2 Å². The predicted molar refractivity (Wildman–Crippen MR) is 256 cm³/mol. The fourth-order valence-corrected chi connectivity index (χ4v) is 6.72. The molecule has 6 heteroatoms. The molecule has 0 saturated carbocycles. The highest BCUT2D eigenvalue weighted by molar-refractivity contribution is 5.71. The summed E-state index contributed by atoms with van der Waals surface area (Å²) >= 11 is 0. The second kappa shape index (κ2) is 48.5. The first-order valence-electron chi connectivity index (χ1n) is 25.0. The third-order valence-electron chi connectivity index (χ3n) is 10.5. The molecular weight excluding hydrogens is 745 g/mol. The van der Waals surface area contributed by atoms with Crippen molar-refractivity contribution >= 4 is 17.9 Å². The Balaban J connectivity index is 4.47. The van der Waals surface area contributed by atoms with E-state index in [-0.39, 0.29) is 37.5 Å². The minimum Gasteiger partial charge on any atom is -0.462 e. The van der Waals surface area contributed by atoms with Gasteiger partial charge >= 0.3 is 17.9 Å². The number of allylic oxidation sites excluding steroid dienone is 12. The molecule has 0 N–H and O–H groups in total. The molecule has 0 radical (unpaired) electrons. The number of rotatable bonds is 44. The molecule has 0 aliphatic rings. The standard InChI is InChI=1S/C54H92O6/c1-4-7-10-13-16-19-22-25-26-27-30-32-35-38-41-44-47-53(56)59-50-51(60-54(57)48-45-42-39-36-33-29-24-21-18-15-12-9-6-3)49-58-52(55)46-43-40-37-34-31-28-23-20-17-14-11-8-5-2/h9,12,15,18,21,24,26-28,31,37,40,51H,4-8,10-11,13-14,16-17,19-20,22-23,25,29-30,32-36,38-39,41-50H2,1-3H3/b12-9+,18-15+,24-21+,27-26+,31-28+,40-37+. The number of unbranched alkanes of at least 4 members (excludes halogenated alkanes) is 23. The van der Waals surface area contributed by atoms with Crippen LogP contribution in [0.5, 0.6) is 0 Å². The molecule has 344 valence electrons. The molecule has 0 aliphatic heterocycles. The Labute approximate surface area is 370 Å². The van der Waals surface area contributed by atoms with Gasteiger partial charge in [0.1, 0.15) is 13.2 Å². The van der Waals surface area contributed by atoms with Gasteiger partial charge in [-0.15, -0.1) is 0 Å². The molecule has 6 nitrogen and oxygen atoms in total. The Hall–Kier alpha value is -3.15. The Morgan fingerprint density at radius 2 is 0.750 bits per heavy atom. The van der Waals surface area contributed by atoms with Crippen LogP contribution in [0.25, 0.3) is 0 Å². The minimum atomic E-state index is -0.810. The van der Waals surface area contributed by atoms with Crippen LogP contribution < -0.4 is 0 Å². The quantitative estimate of drug-likeness (QED) is 0.0200. The summed E-state index contributed by atoms with van der Waals surface area (Å²) in [4.78, 5) is 37.8. The summed E-state index contributed by atoms with van der Waals surface area (Å²) in [5.41, 5.74) is 0. The minimum absolute atomic E-state index is 0.106. The summed E-state index contributed by atoms with van der Waals surface area (Å²) < 4.78 is 16.7. The van der Waals surface area contributed by atoms with E-state index >= 15 is 0 Å². The van der Waals surface area contributed by atoms with Crippen LogP contribution in [0.2, 0.25) is 0 Å². The zero-order chi connectivity index (χ0) is 43.7. The Bertz CT molecular complexity index is 1140. The van der Waals surface area contributed by atoms with Crippen LogP contribution in [0, 0.1) is 0 Å². The number of esters is 3. The zero-order valence-electron chi connectivity index (χ0n) is 39.2. The third-order valence-corrected chi connectivity index (χ3v) is 10.5. The lowest BCUT2D eigenvalue weighted by molar-refractivity contribution is -0.166. The van der Waals surface area contributed by atoms with Crippen LogP contribution in [0.1, 0.15) is 233 Å². The highest BCUT2D eigenvalue weighted by atomic mass is 16.6. The summed E-state index contributed by atoms with van der Waals surface area (Å²) in [6, 6.07) is 0. The molecule has 0 fully saturated rings. The highest BCUT2D eigenvalue weighted by Gasteiger charge is 2.19. The van der Waals surface area contributed by atoms with Gasteiger partial charge in [-0.05, 0) is 83.5 Å². The average Bonchev–Trinajstić information content (AvgIpc) is 3.24. The van der Waals surface area contributed by atoms with Crippen LogP contribution in [-0.2, 0) is 28.6 Å². The number of carbonyl (C=O) groups is 3. The molecule has 0 bridgehead atoms. The van der Waals surface area contributed by atoms with Gasteiger partial charge in [0, 0.05) is 19.3 Å². The molecular formula is C54H92O6. The van der Waals surface area contributed by atoms with E-state index in [0.717, 1.165) is 83.5 Å². The first-order chi connectivity index (χ1) is 29.5. The van der Waals surface area contributed by atoms with E-state index in [2.05, 4.69) is 87.6 Å². The van der Waals surface area contributed by atoms with E-state index < -0.39 is 6.10 Å². The summed E-state index contributed by atoms with van der Waals surface area (Å²) in [5, 5.41) is 0. The summed E-state index contributed by atoms with van der Waals surface area (Å²) in [7, 11) is 0. The molecule has 0 rings (SSSR count). The highest BCUT2D eigenvalue weighted by Crippen LogP contribution is 2.13. The van der Waals surface area contributed by atoms with Gasteiger partial charge in [-0.3, -0.25) is 14.4 Å². The normalized spacial score (nSPS) is 12.7. The Kier molecular flexibility index (Phi) is 46.0. The van der Waals surface area contributed by atoms with E-state index in [0.29, 0.717) is 19.3 Å². The van der Waals surface area contributed by atoms with Crippen LogP contribution in [0.4, 0.5) is 0 Å². The van der Waals surface area contributed by atoms with Gasteiger partial charge in [0.15, 0.2) is 6.10 Å². The fourth-order valence-electron chi connectivity index (χ4n) is 6.72. The summed E-state index contributed by atoms with van der Waals surface area (Å²) in [5.74, 6) is -1.01. The van der Waals surface area contributed by atoms with Crippen LogP contribution in [0.15, 0.2) is 72.9 Å². The van der Waals surface area contributed by atoms with Crippen LogP contribution in [-0.4, -0.2) is 37.2 Å². The van der Waals surface area contributed by atoms with Gasteiger partial charge in [-0.25, -0.2) is 0 Å². The second-order valence-electron chi connectivity index (χ2n) is 16.4. The lowest BCUT2D eigenvalue weighted by atomic mass is 10.1. The van der Waals surface area contributed by atoms with Crippen LogP contribution >= 0.6 is 0 Å². The second-order valence-corrected chi connectivity index (χ2v) is 16.4. The predicted octanol–water partition coefficient (Wildman–Crippen LogP) is 16.3. The molecule has 0 amide bonds. The fraction of sp³-hybridized carbons (Fsp3) is 0.722. The molecule has 0 saturated heterocycles. The van der Waals surface area contributed by atoms with E-state index in [9.17, 15) is 14.4 Å². The van der Waals surface area contributed by atoms with Crippen molar-refractivity contribution in [1.29, 1.82) is 0 Å². The van der Waals surface area contributed by atoms with Gasteiger partial charge in [0.2, 0.25) is 0 Å². The van der Waals surface area contributed by atoms with Crippen LogP contribution in [0.3, 0.4) is 0 Å². The molecule has 0 aromatic heterocycles. The van der Waals surface area contributed by atoms with Crippen molar-refractivity contribution in [3.63, 3.8) is 0 Å². The largest absolute Gasteiger partial charge is 0.462 e. The first kappa shape index (κ1) is 56.9. The molecule has 0 heterocycles. The zero-order valence-corrected chi connectivity index (χ0v) is 39.2. The van der Waals surface area contributed by atoms with Gasteiger partial charge in [0.05, 0.1) is 0 Å². The molecule has 1 atom stereocenters. The lowest BCUT2D eigenvalue weighted by Crippen LogP contribution is -2.30. The summed E-state index contributed by atoms with van der Waals surface area (Å²) in [6.07, 6.45) is 60.4. The van der Waals surface area contributed by atoms with E-state index in [4.69, 9.17) is 14.2 Å². The van der Waals surface area contributed by atoms with Crippen molar-refractivity contribution < 1.29 is 28.6 Å². The number of hydrogen-bond donors (Lipinski definition) is 0. The topological polar surface area (TPSA) is 78.9 Å². The number of carbonyl (C=O) groups excluding carboxylic acids is 3. The maximum atomic E-state index is 12.7. The molecule has 60 heavy (non-hydrogen) atoms. The maximum absolute atomic E-state index is 12.7. The Morgan fingerprint density at radius 3 is 1.25 bits per heavy atom. The van der Waals surface area contributed by atoms with E-state index in [1.165, 1.54) is 103 Å². The summed E-state index contributed by atoms with van der Waals surface area (Å²) in [6.45, 7) is 6.41. The number of ether oxygens (including phenoxy) is 3. The van der Waals surface area contributed by atoms with Gasteiger partial charge < -0.3 is 14.2 Å². The molecule has 0 spiro atoms. The monoisotopic (exact) mass is 837 g/mol. The third kappa shape index (κ3) is 45.9. The van der Waals surface area contributed by atoms with E-state index in [1.54, 1.807) is 0 Å². The smallest absolute Gasteiger partial charge is 0.306 e. The lowest BCUT2D eigenvalue weighted by Gasteiger charge is -2.18. The molecule has 1 unspecified atom stereocenters. The van der Waals surface area contributed by atoms with Gasteiger partial charge in [0.25, 0.3) is 0 Å². The molecule has 0 aromatic rings. The van der Waals surface area contributed by atoms with Crippen molar-refractivity contribution in [3.8, 4) is 0 Å². The van der Waals surface area contributed by atoms with Gasteiger partial charge in [-0.2, -0.15) is 0 Å². The van der Waals surface area contributed by atoms with Gasteiger partial charge in [-0.1, -0.05) is 203 Å². The van der Waals surface area contributed by atoms with E-state index in [1.807, 2.05) is 6.08 Å². The van der Waals surface area contributed by atoms with Crippen molar-refractivity contribution in [3.05, 3.63) is 72.9 Å². The maximum Gasteiger partial charge on any atom is 0.306 e. The molecule has 0 aliphatic carbocycles. The van der Waals surface area contributed by atoms with Crippen molar-refractivity contribution in [2.45, 2.75) is 239 Å². The van der Waals surface area contributed by atoms with Crippen molar-refractivity contribution in [1.82, 2.24) is 0 Å². The first-order valence-corrected chi connectivity index (χ1v) is 25.0. The van der Waals surface area contributed by atoms with Crippen molar-refractivity contribution in [2.24, 2.45) is 0 Å². The SMILES string of the molecule is CC/C=C/C=C/C=C/CCCCCCCC(=O)OC(COC(=O)CC/C=C/C/C=C/CCCCCCCC)COC(=O)CCCCCCC/C=C/CCCCCCCCC. The number of hydrogen-bond acceptors (Lipinski definition) is 6. The molecule has 0 aromatic carbocycles. The Morgan fingerprint density at radius 1 is 0.367 bits per heavy atom. The average molecular weight is 837 g/mol.